The Morgan fingerprint density at radius 3 is 2.95 bits per heavy atom. The Hall–Kier alpha value is -1.46. The molecule has 0 amide bonds. The maximum Gasteiger partial charge on any atom is 0.356 e. The van der Waals surface area contributed by atoms with Crippen LogP contribution in [0.3, 0.4) is 0 Å². The smallest absolute Gasteiger partial charge is 0.356 e. The van der Waals surface area contributed by atoms with Crippen molar-refractivity contribution in [3.8, 4) is 0 Å². The third-order valence-corrected chi connectivity index (χ3v) is 3.09. The van der Waals surface area contributed by atoms with Gasteiger partial charge in [0, 0.05) is 19.4 Å². The molecule has 0 aliphatic carbocycles. The highest BCUT2D eigenvalue weighted by atomic mass is 16.7. The molecule has 110 valence electrons. The van der Waals surface area contributed by atoms with E-state index in [9.17, 15) is 4.79 Å². The molecular formula is C15H21NO4. The summed E-state index contributed by atoms with van der Waals surface area (Å²) in [4.78, 5) is 15.5. The summed E-state index contributed by atoms with van der Waals surface area (Å²) in [6.07, 6.45) is 6.46. The summed E-state index contributed by atoms with van der Waals surface area (Å²) < 4.78 is 16.2. The van der Waals surface area contributed by atoms with Crippen LogP contribution in [0.25, 0.3) is 0 Å². The Balaban J connectivity index is 1.50. The summed E-state index contributed by atoms with van der Waals surface area (Å²) in [6, 6.07) is 5.18. The van der Waals surface area contributed by atoms with E-state index in [1.165, 1.54) is 6.42 Å². The van der Waals surface area contributed by atoms with Gasteiger partial charge in [0.2, 0.25) is 0 Å². The van der Waals surface area contributed by atoms with Gasteiger partial charge in [0.05, 0.1) is 6.61 Å². The third kappa shape index (κ3) is 5.27. The minimum absolute atomic E-state index is 0.0418. The molecule has 5 heteroatoms. The Bertz CT molecular complexity index is 390. The Kier molecular flexibility index (Phi) is 6.47. The Morgan fingerprint density at radius 2 is 2.20 bits per heavy atom. The number of carbonyl (C=O) groups excluding carboxylic acids is 1. The number of ether oxygens (including phenoxy) is 3. The van der Waals surface area contributed by atoms with E-state index in [1.807, 2.05) is 0 Å². The van der Waals surface area contributed by atoms with Gasteiger partial charge in [0.15, 0.2) is 6.29 Å². The van der Waals surface area contributed by atoms with Crippen molar-refractivity contribution in [3.05, 3.63) is 30.1 Å². The number of hydrogen-bond donors (Lipinski definition) is 0. The molecule has 5 nitrogen and oxygen atoms in total. The molecule has 20 heavy (non-hydrogen) atoms. The molecule has 2 heterocycles. The fourth-order valence-corrected chi connectivity index (χ4v) is 1.98. The van der Waals surface area contributed by atoms with Gasteiger partial charge in [-0.15, -0.1) is 0 Å². The predicted molar refractivity (Wildman–Crippen MR) is 73.3 cm³/mol. The van der Waals surface area contributed by atoms with Crippen molar-refractivity contribution in [3.63, 3.8) is 0 Å². The molecule has 1 fully saturated rings. The highest BCUT2D eigenvalue weighted by Crippen LogP contribution is 2.13. The maximum atomic E-state index is 11.6. The third-order valence-electron chi connectivity index (χ3n) is 3.09. The molecule has 0 bridgehead atoms. The second-order valence-electron chi connectivity index (χ2n) is 4.72. The minimum Gasteiger partial charge on any atom is -0.461 e. The Morgan fingerprint density at radius 1 is 1.30 bits per heavy atom. The number of hydrogen-bond acceptors (Lipinski definition) is 5. The number of pyridine rings is 1. The lowest BCUT2D eigenvalue weighted by Crippen LogP contribution is -2.22. The molecule has 2 rings (SSSR count). The number of rotatable bonds is 7. The Labute approximate surface area is 119 Å². The standard InChI is InChI=1S/C15H21NO4/c17-15(13-7-1-3-9-16-13)20-12-6-5-11-19-14-8-2-4-10-18-14/h1,3,7,9,14H,2,4-6,8,10-12H2. The average molecular weight is 279 g/mol. The SMILES string of the molecule is O=C(OCCCCOC1CCCCO1)c1ccccn1. The summed E-state index contributed by atoms with van der Waals surface area (Å²) in [5, 5.41) is 0. The largest absolute Gasteiger partial charge is 0.461 e. The molecular weight excluding hydrogens is 258 g/mol. The predicted octanol–water partition coefficient (Wildman–Crippen LogP) is 2.56. The highest BCUT2D eigenvalue weighted by Gasteiger charge is 2.13. The minimum atomic E-state index is -0.373. The van der Waals surface area contributed by atoms with Crippen molar-refractivity contribution < 1.29 is 19.0 Å². The van der Waals surface area contributed by atoms with Crippen LogP contribution in [0.1, 0.15) is 42.6 Å². The normalized spacial score (nSPS) is 18.7. The molecule has 1 aromatic rings. The van der Waals surface area contributed by atoms with Crippen molar-refractivity contribution in [2.45, 2.75) is 38.4 Å². The summed E-state index contributed by atoms with van der Waals surface area (Å²) in [5.74, 6) is -0.373. The zero-order valence-corrected chi connectivity index (χ0v) is 11.6. The molecule has 1 aliphatic rings. The van der Waals surface area contributed by atoms with Gasteiger partial charge in [-0.2, -0.15) is 0 Å². The van der Waals surface area contributed by atoms with Crippen LogP contribution in [-0.4, -0.2) is 37.1 Å². The molecule has 0 N–H and O–H groups in total. The monoisotopic (exact) mass is 279 g/mol. The van der Waals surface area contributed by atoms with E-state index in [-0.39, 0.29) is 12.3 Å². The first-order valence-electron chi connectivity index (χ1n) is 7.17. The van der Waals surface area contributed by atoms with Gasteiger partial charge in [0.1, 0.15) is 5.69 Å². The van der Waals surface area contributed by atoms with Gasteiger partial charge in [-0.3, -0.25) is 0 Å². The van der Waals surface area contributed by atoms with Gasteiger partial charge in [-0.1, -0.05) is 6.07 Å². The van der Waals surface area contributed by atoms with Crippen LogP contribution in [0.5, 0.6) is 0 Å². The second-order valence-corrected chi connectivity index (χ2v) is 4.72. The van der Waals surface area contributed by atoms with Crippen LogP contribution in [0.15, 0.2) is 24.4 Å². The molecule has 1 atom stereocenters. The molecule has 1 unspecified atom stereocenters. The summed E-state index contributed by atoms with van der Waals surface area (Å²) >= 11 is 0. The lowest BCUT2D eigenvalue weighted by Gasteiger charge is -2.22. The first-order chi connectivity index (χ1) is 9.86. The van der Waals surface area contributed by atoms with Crippen LogP contribution in [-0.2, 0) is 14.2 Å². The fraction of sp³-hybridized carbons (Fsp3) is 0.600. The van der Waals surface area contributed by atoms with Crippen LogP contribution in [0.4, 0.5) is 0 Å². The van der Waals surface area contributed by atoms with Crippen LogP contribution in [0, 0.1) is 0 Å². The van der Waals surface area contributed by atoms with E-state index in [0.717, 1.165) is 32.3 Å². The molecule has 0 radical (unpaired) electrons. The van der Waals surface area contributed by atoms with Crippen molar-refractivity contribution in [2.24, 2.45) is 0 Å². The zero-order chi connectivity index (χ0) is 14.0. The van der Waals surface area contributed by atoms with Crippen molar-refractivity contribution >= 4 is 5.97 Å². The van der Waals surface area contributed by atoms with Crippen LogP contribution >= 0.6 is 0 Å². The number of aromatic nitrogens is 1. The quantitative estimate of drug-likeness (QED) is 0.567. The lowest BCUT2D eigenvalue weighted by atomic mass is 10.2. The highest BCUT2D eigenvalue weighted by molar-refractivity contribution is 5.87. The van der Waals surface area contributed by atoms with E-state index < -0.39 is 0 Å². The van der Waals surface area contributed by atoms with Crippen molar-refractivity contribution in [1.82, 2.24) is 4.98 Å². The van der Waals surface area contributed by atoms with Crippen molar-refractivity contribution in [1.29, 1.82) is 0 Å². The first-order valence-corrected chi connectivity index (χ1v) is 7.17. The molecule has 0 saturated carbocycles. The van der Waals surface area contributed by atoms with Crippen LogP contribution in [0.2, 0.25) is 0 Å². The molecule has 1 saturated heterocycles. The van der Waals surface area contributed by atoms with Gasteiger partial charge in [0.25, 0.3) is 0 Å². The molecule has 0 aromatic carbocycles. The number of unbranched alkanes of at least 4 members (excludes halogenated alkanes) is 1. The first kappa shape index (κ1) is 14.9. The van der Waals surface area contributed by atoms with E-state index in [4.69, 9.17) is 14.2 Å². The van der Waals surface area contributed by atoms with E-state index in [1.54, 1.807) is 24.4 Å². The van der Waals surface area contributed by atoms with Crippen molar-refractivity contribution in [2.75, 3.05) is 19.8 Å². The molecule has 0 spiro atoms. The fourth-order valence-electron chi connectivity index (χ4n) is 1.98. The summed E-state index contributed by atoms with van der Waals surface area (Å²) in [6.45, 7) is 1.84. The lowest BCUT2D eigenvalue weighted by molar-refractivity contribution is -0.163. The maximum absolute atomic E-state index is 11.6. The van der Waals surface area contributed by atoms with Gasteiger partial charge < -0.3 is 14.2 Å². The van der Waals surface area contributed by atoms with E-state index in [2.05, 4.69) is 4.98 Å². The van der Waals surface area contributed by atoms with E-state index >= 15 is 0 Å². The number of nitrogens with zero attached hydrogens (tertiary/aromatic N) is 1. The zero-order valence-electron chi connectivity index (χ0n) is 11.6. The number of esters is 1. The average Bonchev–Trinajstić information content (AvgIpc) is 2.52. The topological polar surface area (TPSA) is 57.7 Å². The summed E-state index contributed by atoms with van der Waals surface area (Å²) in [7, 11) is 0. The van der Waals surface area contributed by atoms with Gasteiger partial charge >= 0.3 is 5.97 Å². The number of carbonyl (C=O) groups is 1. The van der Waals surface area contributed by atoms with Gasteiger partial charge in [-0.25, -0.2) is 9.78 Å². The van der Waals surface area contributed by atoms with Crippen LogP contribution < -0.4 is 0 Å². The molecule has 1 aromatic heterocycles. The molecule has 1 aliphatic heterocycles. The second kappa shape index (κ2) is 8.66. The van der Waals surface area contributed by atoms with E-state index in [0.29, 0.717) is 18.9 Å². The van der Waals surface area contributed by atoms with Gasteiger partial charge in [-0.05, 0) is 44.2 Å². The summed E-state index contributed by atoms with van der Waals surface area (Å²) in [5.41, 5.74) is 0.347.